The molecule has 5 heteroatoms. The molecule has 0 unspecified atom stereocenters. The van der Waals surface area contributed by atoms with Crippen molar-refractivity contribution in [1.29, 1.82) is 0 Å². The highest BCUT2D eigenvalue weighted by molar-refractivity contribution is 5.48. The van der Waals surface area contributed by atoms with E-state index in [1.54, 1.807) is 12.4 Å². The van der Waals surface area contributed by atoms with Crippen LogP contribution in [0.1, 0.15) is 6.42 Å². The summed E-state index contributed by atoms with van der Waals surface area (Å²) < 4.78 is 0. The monoisotopic (exact) mass is 235 g/mol. The molecule has 0 fully saturated rings. The first kappa shape index (κ1) is 13.4. The lowest BCUT2D eigenvalue weighted by molar-refractivity contribution is 0.709. The maximum absolute atomic E-state index is 4.25. The average Bonchev–Trinajstić information content (AvgIpc) is 2.37. The van der Waals surface area contributed by atoms with E-state index < -0.39 is 0 Å². The Balaban J connectivity index is 2.53. The normalized spacial score (nSPS) is 10.0. The molecule has 1 rings (SSSR count). The molecule has 0 aliphatic rings. The fraction of sp³-hybridized carbons (Fsp3) is 0.500. The van der Waals surface area contributed by atoms with E-state index in [4.69, 9.17) is 0 Å². The van der Waals surface area contributed by atoms with Gasteiger partial charge in [-0.2, -0.15) is 0 Å². The van der Waals surface area contributed by atoms with E-state index in [-0.39, 0.29) is 0 Å². The molecule has 0 bridgehead atoms. The minimum Gasteiger partial charge on any atom is -0.366 e. The Bertz CT molecular complexity index is 339. The van der Waals surface area contributed by atoms with Gasteiger partial charge in [0, 0.05) is 26.2 Å². The van der Waals surface area contributed by atoms with Crippen molar-refractivity contribution >= 4 is 11.6 Å². The molecule has 94 valence electrons. The van der Waals surface area contributed by atoms with Gasteiger partial charge in [-0.15, -0.1) is 6.58 Å². The molecular formula is C12H21N5. The summed E-state index contributed by atoms with van der Waals surface area (Å²) in [6.07, 6.45) is 4.47. The summed E-state index contributed by atoms with van der Waals surface area (Å²) in [6, 6.07) is 1.95. The fourth-order valence-corrected chi connectivity index (χ4v) is 1.44. The molecule has 17 heavy (non-hydrogen) atoms. The van der Waals surface area contributed by atoms with Crippen molar-refractivity contribution in [1.82, 2.24) is 15.3 Å². The van der Waals surface area contributed by atoms with E-state index in [2.05, 4.69) is 32.1 Å². The van der Waals surface area contributed by atoms with Crippen LogP contribution in [0, 0.1) is 0 Å². The fourth-order valence-electron chi connectivity index (χ4n) is 1.44. The van der Waals surface area contributed by atoms with Crippen LogP contribution in [0.5, 0.6) is 0 Å². The predicted octanol–water partition coefficient (Wildman–Crippen LogP) is 1.12. The Morgan fingerprint density at radius 2 is 2.29 bits per heavy atom. The summed E-state index contributed by atoms with van der Waals surface area (Å²) in [5.41, 5.74) is 0. The van der Waals surface area contributed by atoms with Gasteiger partial charge in [-0.25, -0.2) is 9.97 Å². The third kappa shape index (κ3) is 4.82. The van der Waals surface area contributed by atoms with E-state index in [0.29, 0.717) is 6.54 Å². The number of aromatic nitrogens is 2. The van der Waals surface area contributed by atoms with E-state index in [1.165, 1.54) is 0 Å². The van der Waals surface area contributed by atoms with Crippen molar-refractivity contribution in [2.75, 3.05) is 43.9 Å². The molecule has 0 amide bonds. The lowest BCUT2D eigenvalue weighted by atomic mass is 10.4. The largest absolute Gasteiger partial charge is 0.366 e. The van der Waals surface area contributed by atoms with Crippen molar-refractivity contribution in [3.63, 3.8) is 0 Å². The number of rotatable bonds is 8. The predicted molar refractivity (Wildman–Crippen MR) is 72.5 cm³/mol. The first-order chi connectivity index (χ1) is 8.27. The van der Waals surface area contributed by atoms with Crippen LogP contribution in [-0.2, 0) is 0 Å². The van der Waals surface area contributed by atoms with Crippen LogP contribution in [0.3, 0.4) is 0 Å². The third-order valence-corrected chi connectivity index (χ3v) is 2.39. The third-order valence-electron chi connectivity index (χ3n) is 2.39. The average molecular weight is 235 g/mol. The molecule has 0 aliphatic carbocycles. The lowest BCUT2D eigenvalue weighted by Gasteiger charge is -2.18. The van der Waals surface area contributed by atoms with E-state index in [0.717, 1.165) is 31.1 Å². The molecular weight excluding hydrogens is 214 g/mol. The van der Waals surface area contributed by atoms with Gasteiger partial charge in [-0.1, -0.05) is 6.08 Å². The summed E-state index contributed by atoms with van der Waals surface area (Å²) in [6.45, 7) is 6.35. The van der Waals surface area contributed by atoms with Crippen LogP contribution in [0.2, 0.25) is 0 Å². The summed E-state index contributed by atoms with van der Waals surface area (Å²) in [7, 11) is 4.00. The van der Waals surface area contributed by atoms with E-state index in [1.807, 2.05) is 20.2 Å². The first-order valence-electron chi connectivity index (χ1n) is 5.80. The van der Waals surface area contributed by atoms with Gasteiger partial charge in [-0.3, -0.25) is 0 Å². The standard InChI is InChI=1S/C12H21N5/c1-4-6-14-11-9-12(16-10-15-11)17(3)8-5-7-13-2/h4,9-10,13H,1,5-8H2,2-3H3,(H,14,15,16). The molecule has 0 spiro atoms. The van der Waals surface area contributed by atoms with Gasteiger partial charge in [0.05, 0.1) is 0 Å². The van der Waals surface area contributed by atoms with Crippen molar-refractivity contribution < 1.29 is 0 Å². The molecule has 1 aromatic rings. The van der Waals surface area contributed by atoms with Crippen molar-refractivity contribution in [3.05, 3.63) is 25.0 Å². The summed E-state index contributed by atoms with van der Waals surface area (Å²) in [5.74, 6) is 1.76. The number of nitrogens with zero attached hydrogens (tertiary/aromatic N) is 3. The highest BCUT2D eigenvalue weighted by Crippen LogP contribution is 2.12. The van der Waals surface area contributed by atoms with Gasteiger partial charge < -0.3 is 15.5 Å². The van der Waals surface area contributed by atoms with Crippen LogP contribution < -0.4 is 15.5 Å². The van der Waals surface area contributed by atoms with Crippen molar-refractivity contribution in [3.8, 4) is 0 Å². The molecule has 0 aromatic carbocycles. The second-order valence-electron chi connectivity index (χ2n) is 3.81. The van der Waals surface area contributed by atoms with E-state index in [9.17, 15) is 0 Å². The molecule has 0 saturated carbocycles. The maximum Gasteiger partial charge on any atom is 0.133 e. The van der Waals surface area contributed by atoms with Crippen LogP contribution in [0.15, 0.2) is 25.0 Å². The molecule has 1 aromatic heterocycles. The second kappa shape index (κ2) is 7.62. The van der Waals surface area contributed by atoms with Gasteiger partial charge in [0.2, 0.25) is 0 Å². The minimum atomic E-state index is 0.708. The Kier molecular flexibility index (Phi) is 6.03. The zero-order valence-corrected chi connectivity index (χ0v) is 10.6. The molecule has 5 nitrogen and oxygen atoms in total. The minimum absolute atomic E-state index is 0.708. The Labute approximate surface area is 103 Å². The Morgan fingerprint density at radius 1 is 1.47 bits per heavy atom. The van der Waals surface area contributed by atoms with Gasteiger partial charge in [0.1, 0.15) is 18.0 Å². The maximum atomic E-state index is 4.25. The van der Waals surface area contributed by atoms with Gasteiger partial charge in [0.25, 0.3) is 0 Å². The van der Waals surface area contributed by atoms with Crippen molar-refractivity contribution in [2.24, 2.45) is 0 Å². The van der Waals surface area contributed by atoms with E-state index >= 15 is 0 Å². The van der Waals surface area contributed by atoms with Gasteiger partial charge >= 0.3 is 0 Å². The summed E-state index contributed by atoms with van der Waals surface area (Å²) >= 11 is 0. The molecule has 0 aliphatic heterocycles. The zero-order chi connectivity index (χ0) is 12.5. The van der Waals surface area contributed by atoms with Crippen LogP contribution in [0.25, 0.3) is 0 Å². The quantitative estimate of drug-likeness (QED) is 0.522. The molecule has 2 N–H and O–H groups in total. The SMILES string of the molecule is C=CCNc1cc(N(C)CCCNC)ncn1. The zero-order valence-electron chi connectivity index (χ0n) is 10.6. The van der Waals surface area contributed by atoms with Gasteiger partial charge in [-0.05, 0) is 20.0 Å². The molecule has 0 saturated heterocycles. The van der Waals surface area contributed by atoms with Crippen molar-refractivity contribution in [2.45, 2.75) is 6.42 Å². The Morgan fingerprint density at radius 3 is 3.00 bits per heavy atom. The highest BCUT2D eigenvalue weighted by Gasteiger charge is 2.03. The van der Waals surface area contributed by atoms with Crippen LogP contribution in [-0.4, -0.2) is 43.7 Å². The first-order valence-corrected chi connectivity index (χ1v) is 5.80. The highest BCUT2D eigenvalue weighted by atomic mass is 15.2. The number of anilines is 2. The topological polar surface area (TPSA) is 53.1 Å². The Hall–Kier alpha value is -1.62. The smallest absolute Gasteiger partial charge is 0.133 e. The lowest BCUT2D eigenvalue weighted by Crippen LogP contribution is -2.23. The van der Waals surface area contributed by atoms with Crippen LogP contribution >= 0.6 is 0 Å². The van der Waals surface area contributed by atoms with Crippen LogP contribution in [0.4, 0.5) is 11.6 Å². The number of hydrogen-bond donors (Lipinski definition) is 2. The second-order valence-corrected chi connectivity index (χ2v) is 3.81. The summed E-state index contributed by atoms with van der Waals surface area (Å²) in [4.78, 5) is 10.5. The molecule has 0 radical (unpaired) electrons. The number of nitrogens with one attached hydrogen (secondary N) is 2. The number of hydrogen-bond acceptors (Lipinski definition) is 5. The molecule has 1 heterocycles. The molecule has 0 atom stereocenters. The summed E-state index contributed by atoms with van der Waals surface area (Å²) in [5, 5.41) is 6.28. The van der Waals surface area contributed by atoms with Gasteiger partial charge in [0.15, 0.2) is 0 Å².